The number of fused-ring (bicyclic) bond motifs is 2. The summed E-state index contributed by atoms with van der Waals surface area (Å²) in [6.07, 6.45) is 2.85. The summed E-state index contributed by atoms with van der Waals surface area (Å²) >= 11 is 6.14. The number of carbonyl (C=O) groups is 1. The van der Waals surface area contributed by atoms with E-state index < -0.39 is 6.09 Å². The van der Waals surface area contributed by atoms with Crippen LogP contribution in [0.2, 0.25) is 5.02 Å². The van der Waals surface area contributed by atoms with Crippen LogP contribution in [-0.4, -0.2) is 11.1 Å². The Labute approximate surface area is 155 Å². The van der Waals surface area contributed by atoms with Gasteiger partial charge < -0.3 is 9.47 Å². The minimum Gasteiger partial charge on any atom is -0.455 e. The van der Waals surface area contributed by atoms with E-state index in [1.807, 2.05) is 24.3 Å². The second-order valence-electron chi connectivity index (χ2n) is 5.82. The Morgan fingerprint density at radius 3 is 2.77 bits per heavy atom. The van der Waals surface area contributed by atoms with Crippen LogP contribution in [0.5, 0.6) is 11.5 Å². The molecule has 0 fully saturated rings. The molecule has 5 nitrogen and oxygen atoms in total. The Morgan fingerprint density at radius 1 is 1.12 bits per heavy atom. The highest BCUT2D eigenvalue weighted by molar-refractivity contribution is 6.31. The minimum atomic E-state index is -0.467. The van der Waals surface area contributed by atoms with Crippen LogP contribution in [0.25, 0.3) is 0 Å². The fourth-order valence-electron chi connectivity index (χ4n) is 2.76. The molecule has 6 heteroatoms. The van der Waals surface area contributed by atoms with E-state index in [9.17, 15) is 4.79 Å². The Bertz CT molecular complexity index is 947. The van der Waals surface area contributed by atoms with Gasteiger partial charge in [-0.05, 0) is 42.0 Å². The zero-order valence-electron chi connectivity index (χ0n) is 13.8. The number of hydrogen-bond acceptors (Lipinski definition) is 4. The third-order valence-corrected chi connectivity index (χ3v) is 4.30. The fourth-order valence-corrected chi connectivity index (χ4v) is 2.93. The van der Waals surface area contributed by atoms with Crippen molar-refractivity contribution in [2.75, 3.05) is 4.90 Å². The largest absolute Gasteiger partial charge is 0.455 e. The zero-order chi connectivity index (χ0) is 17.9. The summed E-state index contributed by atoms with van der Waals surface area (Å²) in [4.78, 5) is 18.3. The molecule has 1 aliphatic heterocycles. The standard InChI is InChI=1S/C20H15ClN2O3/c21-16-5-6-19-17(11-16)23(12-15-3-1-2-4-18(15)26-19)20(24)25-13-14-7-9-22-10-8-14/h1-11H,12-13H2. The Balaban J connectivity index is 1.65. The van der Waals surface area contributed by atoms with E-state index in [1.54, 1.807) is 42.7 Å². The van der Waals surface area contributed by atoms with Gasteiger partial charge in [0.2, 0.25) is 0 Å². The molecule has 4 rings (SSSR count). The molecule has 1 amide bonds. The molecule has 0 spiro atoms. The van der Waals surface area contributed by atoms with Gasteiger partial charge >= 0.3 is 6.09 Å². The highest BCUT2D eigenvalue weighted by Gasteiger charge is 2.26. The molecule has 2 heterocycles. The van der Waals surface area contributed by atoms with E-state index in [0.29, 0.717) is 28.8 Å². The average Bonchev–Trinajstić information content (AvgIpc) is 2.83. The summed E-state index contributed by atoms with van der Waals surface area (Å²) in [5.74, 6) is 1.26. The molecule has 0 unspecified atom stereocenters. The number of benzene rings is 2. The monoisotopic (exact) mass is 366 g/mol. The first-order valence-corrected chi connectivity index (χ1v) is 8.47. The quantitative estimate of drug-likeness (QED) is 0.626. The number of aromatic nitrogens is 1. The topological polar surface area (TPSA) is 51.7 Å². The molecule has 0 atom stereocenters. The van der Waals surface area contributed by atoms with Crippen molar-refractivity contribution in [2.24, 2.45) is 0 Å². The predicted molar refractivity (Wildman–Crippen MR) is 98.6 cm³/mol. The lowest BCUT2D eigenvalue weighted by Gasteiger charge is -2.21. The van der Waals surface area contributed by atoms with Crippen LogP contribution in [0.1, 0.15) is 11.1 Å². The molecule has 2 aromatic carbocycles. The number of para-hydroxylation sites is 1. The number of amides is 1. The van der Waals surface area contributed by atoms with Gasteiger partial charge in [-0.15, -0.1) is 0 Å². The molecule has 1 aromatic heterocycles. The fraction of sp³-hybridized carbons (Fsp3) is 0.100. The number of ether oxygens (including phenoxy) is 2. The lowest BCUT2D eigenvalue weighted by Crippen LogP contribution is -2.30. The molecular formula is C20H15ClN2O3. The van der Waals surface area contributed by atoms with Crippen molar-refractivity contribution in [3.8, 4) is 11.5 Å². The Kier molecular flexibility index (Phi) is 4.46. The Hall–Kier alpha value is -3.05. The molecule has 130 valence electrons. The molecule has 26 heavy (non-hydrogen) atoms. The highest BCUT2D eigenvalue weighted by Crippen LogP contribution is 2.40. The van der Waals surface area contributed by atoms with Crippen molar-refractivity contribution < 1.29 is 14.3 Å². The first kappa shape index (κ1) is 16.4. The van der Waals surface area contributed by atoms with Crippen LogP contribution in [0.15, 0.2) is 67.0 Å². The first-order chi connectivity index (χ1) is 12.7. The summed E-state index contributed by atoms with van der Waals surface area (Å²) in [6.45, 7) is 0.495. The minimum absolute atomic E-state index is 0.163. The van der Waals surface area contributed by atoms with Crippen molar-refractivity contribution in [1.82, 2.24) is 4.98 Å². The number of carbonyl (C=O) groups excluding carboxylic acids is 1. The number of nitrogens with zero attached hydrogens (tertiary/aromatic N) is 2. The van der Waals surface area contributed by atoms with E-state index in [2.05, 4.69) is 4.98 Å². The van der Waals surface area contributed by atoms with E-state index in [0.717, 1.165) is 11.1 Å². The lowest BCUT2D eigenvalue weighted by atomic mass is 10.2. The summed E-state index contributed by atoms with van der Waals surface area (Å²) in [5, 5.41) is 0.519. The maximum atomic E-state index is 12.8. The SMILES string of the molecule is O=C(OCc1ccncc1)N1Cc2ccccc2Oc2ccc(Cl)cc21. The van der Waals surface area contributed by atoms with Crippen LogP contribution >= 0.6 is 11.6 Å². The van der Waals surface area contributed by atoms with Gasteiger partial charge in [0.1, 0.15) is 12.4 Å². The maximum Gasteiger partial charge on any atom is 0.415 e. The first-order valence-electron chi connectivity index (χ1n) is 8.09. The maximum absolute atomic E-state index is 12.8. The second-order valence-corrected chi connectivity index (χ2v) is 6.25. The van der Waals surface area contributed by atoms with Gasteiger partial charge in [0, 0.05) is 23.0 Å². The zero-order valence-corrected chi connectivity index (χ0v) is 14.5. The summed E-state index contributed by atoms with van der Waals surface area (Å²) < 4.78 is 11.5. The van der Waals surface area contributed by atoms with Crippen LogP contribution in [0, 0.1) is 0 Å². The molecule has 1 aliphatic rings. The van der Waals surface area contributed by atoms with E-state index in [4.69, 9.17) is 21.1 Å². The number of anilines is 1. The van der Waals surface area contributed by atoms with Gasteiger partial charge in [0.05, 0.1) is 12.2 Å². The van der Waals surface area contributed by atoms with Crippen LogP contribution in [0.3, 0.4) is 0 Å². The molecule has 3 aromatic rings. The third kappa shape index (κ3) is 3.34. The molecule has 0 N–H and O–H groups in total. The van der Waals surface area contributed by atoms with Crippen molar-refractivity contribution in [3.63, 3.8) is 0 Å². The average molecular weight is 367 g/mol. The predicted octanol–water partition coefficient (Wildman–Crippen LogP) is 5.18. The molecule has 0 bridgehead atoms. The highest BCUT2D eigenvalue weighted by atomic mass is 35.5. The van der Waals surface area contributed by atoms with Crippen LogP contribution < -0.4 is 9.64 Å². The van der Waals surface area contributed by atoms with Gasteiger partial charge in [-0.2, -0.15) is 0 Å². The van der Waals surface area contributed by atoms with Crippen molar-refractivity contribution in [1.29, 1.82) is 0 Å². The summed E-state index contributed by atoms with van der Waals surface area (Å²) in [5.41, 5.74) is 2.33. The van der Waals surface area contributed by atoms with Crippen molar-refractivity contribution in [2.45, 2.75) is 13.2 Å². The molecule has 0 saturated carbocycles. The lowest BCUT2D eigenvalue weighted by molar-refractivity contribution is 0.146. The number of hydrogen-bond donors (Lipinski definition) is 0. The van der Waals surface area contributed by atoms with Gasteiger partial charge in [-0.1, -0.05) is 29.8 Å². The molecule has 0 saturated heterocycles. The smallest absolute Gasteiger partial charge is 0.415 e. The molecule has 0 aliphatic carbocycles. The van der Waals surface area contributed by atoms with Crippen molar-refractivity contribution in [3.05, 3.63) is 83.1 Å². The van der Waals surface area contributed by atoms with Crippen LogP contribution in [-0.2, 0) is 17.9 Å². The summed E-state index contributed by atoms with van der Waals surface area (Å²) in [6, 6.07) is 16.4. The van der Waals surface area contributed by atoms with E-state index >= 15 is 0 Å². The third-order valence-electron chi connectivity index (χ3n) is 4.06. The number of rotatable bonds is 2. The molecule has 0 radical (unpaired) electrons. The van der Waals surface area contributed by atoms with Gasteiger partial charge in [0.25, 0.3) is 0 Å². The number of halogens is 1. The van der Waals surface area contributed by atoms with Gasteiger partial charge in [0.15, 0.2) is 5.75 Å². The number of pyridine rings is 1. The molecular weight excluding hydrogens is 352 g/mol. The van der Waals surface area contributed by atoms with E-state index in [-0.39, 0.29) is 6.61 Å². The normalized spacial score (nSPS) is 12.4. The summed E-state index contributed by atoms with van der Waals surface area (Å²) in [7, 11) is 0. The van der Waals surface area contributed by atoms with E-state index in [1.165, 1.54) is 4.90 Å². The van der Waals surface area contributed by atoms with Crippen LogP contribution in [0.4, 0.5) is 10.5 Å². The second kappa shape index (κ2) is 7.06. The van der Waals surface area contributed by atoms with Crippen molar-refractivity contribution >= 4 is 23.4 Å². The Morgan fingerprint density at radius 2 is 1.92 bits per heavy atom. The van der Waals surface area contributed by atoms with Gasteiger partial charge in [-0.25, -0.2) is 4.79 Å². The van der Waals surface area contributed by atoms with Gasteiger partial charge in [-0.3, -0.25) is 9.88 Å².